The van der Waals surface area contributed by atoms with Gasteiger partial charge in [0.25, 0.3) is 10.0 Å². The fourth-order valence-electron chi connectivity index (χ4n) is 5.09. The smallest absolute Gasteiger partial charge is 0.264 e. The molecule has 0 spiro atoms. The number of carbonyl (C=O) groups excluding carboxylic acids is 2. The highest BCUT2D eigenvalue weighted by atomic mass is 35.5. The van der Waals surface area contributed by atoms with Crippen LogP contribution in [0.2, 0.25) is 5.02 Å². The number of anilines is 1. The molecule has 0 unspecified atom stereocenters. The zero-order chi connectivity index (χ0) is 33.4. The van der Waals surface area contributed by atoms with Gasteiger partial charge in [-0.1, -0.05) is 102 Å². The van der Waals surface area contributed by atoms with Gasteiger partial charge in [0.1, 0.15) is 12.6 Å². The summed E-state index contributed by atoms with van der Waals surface area (Å²) in [6.45, 7) is 9.10. The first-order chi connectivity index (χ1) is 21.9. The minimum absolute atomic E-state index is 0.0470. The number of carbonyl (C=O) groups is 2. The van der Waals surface area contributed by atoms with Crippen LogP contribution in [0.3, 0.4) is 0 Å². The molecule has 0 aliphatic rings. The molecule has 0 saturated heterocycles. The molecule has 2 atom stereocenters. The molecule has 1 N–H and O–H groups in total. The van der Waals surface area contributed by atoms with Crippen LogP contribution in [-0.4, -0.2) is 43.8 Å². The van der Waals surface area contributed by atoms with Gasteiger partial charge in [0.15, 0.2) is 0 Å². The monoisotopic (exact) mass is 659 g/mol. The van der Waals surface area contributed by atoms with Crippen molar-refractivity contribution >= 4 is 39.1 Å². The Morgan fingerprint density at radius 2 is 1.43 bits per heavy atom. The lowest BCUT2D eigenvalue weighted by Crippen LogP contribution is -2.54. The van der Waals surface area contributed by atoms with Gasteiger partial charge in [0, 0.05) is 24.0 Å². The average molecular weight is 660 g/mol. The van der Waals surface area contributed by atoms with Crippen LogP contribution in [0.1, 0.15) is 48.1 Å². The molecule has 2 amide bonds. The highest BCUT2D eigenvalue weighted by Crippen LogP contribution is 2.30. The van der Waals surface area contributed by atoms with E-state index in [2.05, 4.69) is 5.32 Å². The number of halogens is 1. The number of hydrogen-bond acceptors (Lipinski definition) is 4. The fraction of sp³-hybridized carbons (Fsp3) is 0.297. The Hall–Kier alpha value is -4.14. The molecule has 0 fully saturated rings. The SMILES string of the molecule is CC[C@@H](C)NC(=O)[C@@H](Cc1ccccc1)N(Cc1ccc(C)cc1)C(=O)CN(c1cc(Cl)ccc1C)S(=O)(=O)c1ccc(C)cc1. The number of amides is 2. The third-order valence-corrected chi connectivity index (χ3v) is 10.1. The molecule has 0 heterocycles. The Bertz CT molecular complexity index is 1740. The molecule has 0 aliphatic carbocycles. The van der Waals surface area contributed by atoms with E-state index in [9.17, 15) is 18.0 Å². The Labute approximate surface area is 278 Å². The van der Waals surface area contributed by atoms with Crippen LogP contribution in [0.4, 0.5) is 5.69 Å². The van der Waals surface area contributed by atoms with E-state index in [-0.39, 0.29) is 29.8 Å². The Morgan fingerprint density at radius 3 is 2.04 bits per heavy atom. The molecule has 0 saturated carbocycles. The first kappa shape index (κ1) is 34.7. The summed E-state index contributed by atoms with van der Waals surface area (Å²) in [6.07, 6.45) is 0.966. The summed E-state index contributed by atoms with van der Waals surface area (Å²) in [4.78, 5) is 30.1. The van der Waals surface area contributed by atoms with Gasteiger partial charge in [-0.25, -0.2) is 8.42 Å². The molecule has 46 heavy (non-hydrogen) atoms. The molecule has 0 aliphatic heterocycles. The predicted molar refractivity (Wildman–Crippen MR) is 185 cm³/mol. The highest BCUT2D eigenvalue weighted by Gasteiger charge is 2.35. The number of aryl methyl sites for hydroxylation is 3. The van der Waals surface area contributed by atoms with Crippen LogP contribution in [-0.2, 0) is 32.6 Å². The Kier molecular flexibility index (Phi) is 11.7. The molecule has 242 valence electrons. The van der Waals surface area contributed by atoms with Crippen LogP contribution in [0.25, 0.3) is 0 Å². The van der Waals surface area contributed by atoms with Crippen molar-refractivity contribution in [3.8, 4) is 0 Å². The number of sulfonamides is 1. The normalized spacial score (nSPS) is 12.7. The maximum Gasteiger partial charge on any atom is 0.264 e. The van der Waals surface area contributed by atoms with Crippen molar-refractivity contribution in [2.24, 2.45) is 0 Å². The Balaban J connectivity index is 1.83. The van der Waals surface area contributed by atoms with Gasteiger partial charge >= 0.3 is 0 Å². The number of rotatable bonds is 13. The predicted octanol–water partition coefficient (Wildman–Crippen LogP) is 7.02. The summed E-state index contributed by atoms with van der Waals surface area (Å²) in [5.41, 5.74) is 4.59. The number of hydrogen-bond donors (Lipinski definition) is 1. The van der Waals surface area contributed by atoms with E-state index >= 15 is 0 Å². The molecule has 0 bridgehead atoms. The quantitative estimate of drug-likeness (QED) is 0.167. The van der Waals surface area contributed by atoms with Crippen molar-refractivity contribution in [1.82, 2.24) is 10.2 Å². The van der Waals surface area contributed by atoms with Crippen LogP contribution in [0, 0.1) is 20.8 Å². The lowest BCUT2D eigenvalue weighted by atomic mass is 10.0. The van der Waals surface area contributed by atoms with Crippen molar-refractivity contribution < 1.29 is 18.0 Å². The molecule has 4 aromatic rings. The molecule has 4 rings (SSSR count). The third-order valence-electron chi connectivity index (χ3n) is 8.07. The van der Waals surface area contributed by atoms with Crippen molar-refractivity contribution in [3.05, 3.63) is 130 Å². The second kappa shape index (κ2) is 15.4. The maximum atomic E-state index is 14.6. The van der Waals surface area contributed by atoms with Crippen LogP contribution in [0.15, 0.2) is 102 Å². The first-order valence-electron chi connectivity index (χ1n) is 15.4. The first-order valence-corrected chi connectivity index (χ1v) is 17.3. The Morgan fingerprint density at radius 1 is 0.826 bits per heavy atom. The van der Waals surface area contributed by atoms with Gasteiger partial charge in [-0.05, 0) is 75.1 Å². The van der Waals surface area contributed by atoms with E-state index in [0.717, 1.165) is 26.6 Å². The largest absolute Gasteiger partial charge is 0.352 e. The molecular weight excluding hydrogens is 618 g/mol. The summed E-state index contributed by atoms with van der Waals surface area (Å²) in [6, 6.07) is 27.7. The van der Waals surface area contributed by atoms with Crippen molar-refractivity contribution in [2.75, 3.05) is 10.8 Å². The third kappa shape index (κ3) is 8.77. The van der Waals surface area contributed by atoms with E-state index in [1.807, 2.05) is 82.3 Å². The molecule has 0 radical (unpaired) electrons. The van der Waals surface area contributed by atoms with Gasteiger partial charge in [-0.3, -0.25) is 13.9 Å². The van der Waals surface area contributed by atoms with Crippen molar-refractivity contribution in [2.45, 2.75) is 71.0 Å². The minimum Gasteiger partial charge on any atom is -0.352 e. The van der Waals surface area contributed by atoms with E-state index in [1.165, 1.54) is 17.0 Å². The van der Waals surface area contributed by atoms with E-state index in [1.54, 1.807) is 37.3 Å². The van der Waals surface area contributed by atoms with Gasteiger partial charge in [0.2, 0.25) is 11.8 Å². The van der Waals surface area contributed by atoms with Gasteiger partial charge in [-0.15, -0.1) is 0 Å². The summed E-state index contributed by atoms with van der Waals surface area (Å²) in [7, 11) is -4.22. The van der Waals surface area contributed by atoms with Gasteiger partial charge in [0.05, 0.1) is 10.6 Å². The van der Waals surface area contributed by atoms with Crippen molar-refractivity contribution in [3.63, 3.8) is 0 Å². The molecule has 9 heteroatoms. The molecule has 0 aromatic heterocycles. The lowest BCUT2D eigenvalue weighted by Gasteiger charge is -2.34. The minimum atomic E-state index is -4.22. The van der Waals surface area contributed by atoms with Gasteiger partial charge < -0.3 is 10.2 Å². The lowest BCUT2D eigenvalue weighted by molar-refractivity contribution is -0.140. The van der Waals surface area contributed by atoms with Gasteiger partial charge in [-0.2, -0.15) is 0 Å². The standard InChI is InChI=1S/C37H42ClN3O4S/c1-6-29(5)39-37(43)35(22-30-10-8-7-9-11-30)40(24-31-17-12-26(2)13-18-31)36(42)25-41(34-23-32(38)19-16-28(34)4)46(44,45)33-20-14-27(3)15-21-33/h7-21,23,29,35H,6,22,24-25H2,1-5H3,(H,39,43)/t29-,35-/m1/s1. The van der Waals surface area contributed by atoms with Crippen molar-refractivity contribution in [1.29, 1.82) is 0 Å². The summed E-state index contributed by atoms with van der Waals surface area (Å²) in [5, 5.41) is 3.40. The highest BCUT2D eigenvalue weighted by molar-refractivity contribution is 7.92. The fourth-order valence-corrected chi connectivity index (χ4v) is 6.72. The second-order valence-electron chi connectivity index (χ2n) is 11.8. The molecule has 4 aromatic carbocycles. The summed E-state index contributed by atoms with van der Waals surface area (Å²) in [5.74, 6) is -0.818. The maximum absolute atomic E-state index is 14.6. The molecule has 7 nitrogen and oxygen atoms in total. The number of benzene rings is 4. The van der Waals surface area contributed by atoms with E-state index < -0.39 is 28.5 Å². The van der Waals surface area contributed by atoms with Crippen LogP contribution in [0.5, 0.6) is 0 Å². The molecular formula is C37H42ClN3O4S. The topological polar surface area (TPSA) is 86.8 Å². The number of nitrogens with one attached hydrogen (secondary N) is 1. The second-order valence-corrected chi connectivity index (χ2v) is 14.1. The average Bonchev–Trinajstić information content (AvgIpc) is 3.04. The summed E-state index contributed by atoms with van der Waals surface area (Å²) < 4.78 is 29.7. The van der Waals surface area contributed by atoms with Crippen LogP contribution < -0.4 is 9.62 Å². The summed E-state index contributed by atoms with van der Waals surface area (Å²) >= 11 is 6.37. The zero-order valence-electron chi connectivity index (χ0n) is 27.0. The van der Waals surface area contributed by atoms with Crippen LogP contribution >= 0.6 is 11.6 Å². The van der Waals surface area contributed by atoms with E-state index in [0.29, 0.717) is 22.7 Å². The van der Waals surface area contributed by atoms with E-state index in [4.69, 9.17) is 11.6 Å². The zero-order valence-corrected chi connectivity index (χ0v) is 28.6. The number of nitrogens with zero attached hydrogens (tertiary/aromatic N) is 2.